The van der Waals surface area contributed by atoms with Crippen molar-refractivity contribution in [2.24, 2.45) is 0 Å². The summed E-state index contributed by atoms with van der Waals surface area (Å²) in [6.07, 6.45) is 1.27. The molecule has 1 aromatic carbocycles. The largest absolute Gasteiger partial charge is 0.448 e. The van der Waals surface area contributed by atoms with Gasteiger partial charge in [0, 0.05) is 12.2 Å². The third-order valence-electron chi connectivity index (χ3n) is 2.53. The van der Waals surface area contributed by atoms with Crippen LogP contribution in [0.1, 0.15) is 21.8 Å². The summed E-state index contributed by atoms with van der Waals surface area (Å²) in [7, 11) is 1.88. The lowest BCUT2D eigenvalue weighted by atomic mass is 10.2. The van der Waals surface area contributed by atoms with E-state index in [1.807, 2.05) is 31.3 Å². The third kappa shape index (κ3) is 2.75. The van der Waals surface area contributed by atoms with Crippen LogP contribution in [0.5, 0.6) is 0 Å². The highest BCUT2D eigenvalue weighted by atomic mass is 16.3. The van der Waals surface area contributed by atoms with E-state index in [2.05, 4.69) is 15.6 Å². The van der Waals surface area contributed by atoms with Crippen molar-refractivity contribution in [1.29, 1.82) is 0 Å². The number of aryl methyl sites for hydroxylation is 1. The molecule has 0 aliphatic rings. The lowest BCUT2D eigenvalue weighted by Gasteiger charge is -2.06. The average molecular weight is 245 g/mol. The van der Waals surface area contributed by atoms with E-state index in [-0.39, 0.29) is 5.91 Å². The number of anilines is 1. The van der Waals surface area contributed by atoms with Crippen LogP contribution < -0.4 is 10.6 Å². The summed E-state index contributed by atoms with van der Waals surface area (Å²) in [5.41, 5.74) is 2.16. The first-order valence-corrected chi connectivity index (χ1v) is 5.65. The minimum atomic E-state index is -0.261. The van der Waals surface area contributed by atoms with Crippen molar-refractivity contribution in [3.8, 4) is 0 Å². The lowest BCUT2D eigenvalue weighted by molar-refractivity contribution is 0.102. The molecule has 94 valence electrons. The van der Waals surface area contributed by atoms with E-state index in [9.17, 15) is 4.79 Å². The quantitative estimate of drug-likeness (QED) is 0.864. The number of nitrogens with zero attached hydrogens (tertiary/aromatic N) is 1. The maximum atomic E-state index is 11.9. The minimum Gasteiger partial charge on any atom is -0.448 e. The van der Waals surface area contributed by atoms with Gasteiger partial charge in [0.25, 0.3) is 5.91 Å². The molecule has 0 aliphatic carbocycles. The third-order valence-corrected chi connectivity index (χ3v) is 2.53. The van der Waals surface area contributed by atoms with E-state index in [0.29, 0.717) is 11.5 Å². The van der Waals surface area contributed by atoms with Crippen molar-refractivity contribution in [3.63, 3.8) is 0 Å². The Balaban J connectivity index is 2.12. The minimum absolute atomic E-state index is 0.261. The van der Waals surface area contributed by atoms with Crippen molar-refractivity contribution in [2.45, 2.75) is 13.5 Å². The van der Waals surface area contributed by atoms with Crippen LogP contribution in [-0.2, 0) is 6.54 Å². The van der Waals surface area contributed by atoms with Crippen LogP contribution in [0.2, 0.25) is 0 Å². The molecule has 2 N–H and O–H groups in total. The zero-order valence-electron chi connectivity index (χ0n) is 10.4. The van der Waals surface area contributed by atoms with Gasteiger partial charge in [0.2, 0.25) is 0 Å². The van der Waals surface area contributed by atoms with Gasteiger partial charge in [-0.15, -0.1) is 0 Å². The smallest absolute Gasteiger partial charge is 0.277 e. The van der Waals surface area contributed by atoms with E-state index in [1.54, 1.807) is 6.92 Å². The number of carbonyl (C=O) groups excluding carboxylic acids is 1. The maximum Gasteiger partial charge on any atom is 0.277 e. The van der Waals surface area contributed by atoms with Crippen molar-refractivity contribution in [3.05, 3.63) is 47.7 Å². The molecule has 5 heteroatoms. The fraction of sp³-hybridized carbons (Fsp3) is 0.231. The van der Waals surface area contributed by atoms with Crippen LogP contribution in [-0.4, -0.2) is 17.9 Å². The molecule has 5 nitrogen and oxygen atoms in total. The molecule has 0 atom stereocenters. The summed E-state index contributed by atoms with van der Waals surface area (Å²) in [4.78, 5) is 15.8. The Hall–Kier alpha value is -2.14. The summed E-state index contributed by atoms with van der Waals surface area (Å²) >= 11 is 0. The Labute approximate surface area is 105 Å². The highest BCUT2D eigenvalue weighted by Crippen LogP contribution is 2.13. The highest BCUT2D eigenvalue weighted by molar-refractivity contribution is 6.03. The second kappa shape index (κ2) is 5.46. The van der Waals surface area contributed by atoms with Gasteiger partial charge in [0.15, 0.2) is 12.1 Å². The number of oxazole rings is 1. The van der Waals surface area contributed by atoms with Gasteiger partial charge in [0.1, 0.15) is 5.76 Å². The van der Waals surface area contributed by atoms with Gasteiger partial charge in [-0.25, -0.2) is 4.98 Å². The second-order valence-electron chi connectivity index (χ2n) is 3.94. The molecule has 1 amide bonds. The molecule has 0 unspecified atom stereocenters. The van der Waals surface area contributed by atoms with Gasteiger partial charge < -0.3 is 15.1 Å². The molecule has 18 heavy (non-hydrogen) atoms. The first-order valence-electron chi connectivity index (χ1n) is 5.65. The number of hydrogen-bond donors (Lipinski definition) is 2. The molecule has 0 aliphatic heterocycles. The van der Waals surface area contributed by atoms with Crippen molar-refractivity contribution in [1.82, 2.24) is 10.3 Å². The van der Waals surface area contributed by atoms with Crippen LogP contribution in [0, 0.1) is 6.92 Å². The maximum absolute atomic E-state index is 11.9. The topological polar surface area (TPSA) is 67.2 Å². The monoisotopic (exact) mass is 245 g/mol. The molecular formula is C13H15N3O2. The van der Waals surface area contributed by atoms with Gasteiger partial charge in [-0.1, -0.05) is 12.1 Å². The first-order chi connectivity index (χ1) is 8.70. The molecule has 2 aromatic rings. The van der Waals surface area contributed by atoms with E-state index >= 15 is 0 Å². The highest BCUT2D eigenvalue weighted by Gasteiger charge is 2.13. The summed E-state index contributed by atoms with van der Waals surface area (Å²) < 4.78 is 5.00. The molecular weight excluding hydrogens is 230 g/mol. The van der Waals surface area contributed by atoms with Crippen LogP contribution >= 0.6 is 0 Å². The Bertz CT molecular complexity index is 549. The Morgan fingerprint density at radius 3 is 2.94 bits per heavy atom. The number of rotatable bonds is 4. The predicted octanol–water partition coefficient (Wildman–Crippen LogP) is 1.95. The van der Waals surface area contributed by atoms with Crippen LogP contribution in [0.15, 0.2) is 35.1 Å². The zero-order chi connectivity index (χ0) is 13.0. The number of amides is 1. The molecule has 1 aromatic heterocycles. The van der Waals surface area contributed by atoms with Crippen LogP contribution in [0.3, 0.4) is 0 Å². The summed E-state index contributed by atoms with van der Waals surface area (Å²) in [6, 6.07) is 7.65. The van der Waals surface area contributed by atoms with Gasteiger partial charge in [-0.2, -0.15) is 0 Å². The summed E-state index contributed by atoms with van der Waals surface area (Å²) in [5, 5.41) is 5.86. The molecule has 0 bridgehead atoms. The summed E-state index contributed by atoms with van der Waals surface area (Å²) in [5.74, 6) is 0.252. The van der Waals surface area contributed by atoms with Gasteiger partial charge in [0.05, 0.1) is 0 Å². The number of carbonyl (C=O) groups is 1. The fourth-order valence-corrected chi connectivity index (χ4v) is 1.68. The van der Waals surface area contributed by atoms with Gasteiger partial charge in [-0.05, 0) is 31.7 Å². The molecule has 0 fully saturated rings. The Morgan fingerprint density at radius 2 is 2.28 bits per heavy atom. The zero-order valence-corrected chi connectivity index (χ0v) is 10.4. The van der Waals surface area contributed by atoms with Crippen molar-refractivity contribution in [2.75, 3.05) is 12.4 Å². The fourth-order valence-electron chi connectivity index (χ4n) is 1.68. The number of hydrogen-bond acceptors (Lipinski definition) is 4. The Morgan fingerprint density at radius 1 is 1.44 bits per heavy atom. The van der Waals surface area contributed by atoms with Crippen LogP contribution in [0.25, 0.3) is 0 Å². The summed E-state index contributed by atoms with van der Waals surface area (Å²) in [6.45, 7) is 2.46. The van der Waals surface area contributed by atoms with E-state index in [4.69, 9.17) is 4.42 Å². The van der Waals surface area contributed by atoms with Crippen molar-refractivity contribution >= 4 is 11.6 Å². The molecule has 0 saturated heterocycles. The first kappa shape index (κ1) is 12.3. The lowest BCUT2D eigenvalue weighted by Crippen LogP contribution is -2.14. The molecule has 0 spiro atoms. The van der Waals surface area contributed by atoms with Crippen molar-refractivity contribution < 1.29 is 9.21 Å². The number of aromatic nitrogens is 1. The average Bonchev–Trinajstić information content (AvgIpc) is 2.76. The van der Waals surface area contributed by atoms with E-state index in [1.165, 1.54) is 6.39 Å². The normalized spacial score (nSPS) is 10.3. The number of nitrogens with one attached hydrogen (secondary N) is 2. The van der Waals surface area contributed by atoms with Crippen LogP contribution in [0.4, 0.5) is 5.69 Å². The Kier molecular flexibility index (Phi) is 3.74. The van der Waals surface area contributed by atoms with E-state index < -0.39 is 0 Å². The SMILES string of the molecule is CNCc1cccc(NC(=O)c2ncoc2C)c1. The van der Waals surface area contributed by atoms with Gasteiger partial charge >= 0.3 is 0 Å². The van der Waals surface area contributed by atoms with E-state index in [0.717, 1.165) is 17.8 Å². The molecule has 0 radical (unpaired) electrons. The predicted molar refractivity (Wildman–Crippen MR) is 68.4 cm³/mol. The standard InChI is InChI=1S/C13H15N3O2/c1-9-12(15-8-18-9)13(17)16-11-5-3-4-10(6-11)7-14-2/h3-6,8,14H,7H2,1-2H3,(H,16,17). The van der Waals surface area contributed by atoms with Gasteiger partial charge in [-0.3, -0.25) is 4.79 Å². The molecule has 2 rings (SSSR count). The second-order valence-corrected chi connectivity index (χ2v) is 3.94. The number of benzene rings is 1. The molecule has 1 heterocycles. The molecule has 0 saturated carbocycles.